The number of thiazole rings is 1. The van der Waals surface area contributed by atoms with Gasteiger partial charge in [0.05, 0.1) is 16.3 Å². The number of carboxylic acids is 1. The van der Waals surface area contributed by atoms with Crippen LogP contribution in [0.25, 0.3) is 16.4 Å². The number of hydrogen-bond acceptors (Lipinski definition) is 7. The van der Waals surface area contributed by atoms with Crippen LogP contribution in [0.4, 0.5) is 4.39 Å². The van der Waals surface area contributed by atoms with E-state index in [2.05, 4.69) is 29.0 Å². The maximum absolute atomic E-state index is 15.0. The van der Waals surface area contributed by atoms with Crippen LogP contribution in [0.2, 0.25) is 0 Å². The fraction of sp³-hybridized carbons (Fsp3) is 0.265. The molecular formula is C34H29FN4O4S3. The number of sulfonamides is 1. The lowest BCUT2D eigenvalue weighted by Gasteiger charge is -2.10. The number of nitrogens with two attached hydrogens (primary N) is 1. The Morgan fingerprint density at radius 2 is 1.91 bits per heavy atom. The average molecular weight is 673 g/mol. The summed E-state index contributed by atoms with van der Waals surface area (Å²) in [4.78, 5) is 17.9. The molecular weight excluding hydrogens is 644 g/mol. The summed E-state index contributed by atoms with van der Waals surface area (Å²) in [6.07, 6.45) is 6.64. The zero-order chi connectivity index (χ0) is 32.0. The first-order valence-electron chi connectivity index (χ1n) is 15.0. The molecule has 0 bridgehead atoms. The van der Waals surface area contributed by atoms with Crippen LogP contribution in [-0.4, -0.2) is 34.3 Å². The Balaban J connectivity index is 1.32. The van der Waals surface area contributed by atoms with Gasteiger partial charge in [-0.3, -0.25) is 0 Å². The molecule has 2 aromatic carbocycles. The molecule has 0 spiro atoms. The molecule has 12 heteroatoms. The molecule has 2 fully saturated rings. The maximum Gasteiger partial charge on any atom is 0.355 e. The summed E-state index contributed by atoms with van der Waals surface area (Å²) in [5.74, 6) is 5.83. The molecule has 7 rings (SSSR count). The number of nitrogens with zero attached hydrogens (tertiary/aromatic N) is 3. The van der Waals surface area contributed by atoms with Gasteiger partial charge in [-0.1, -0.05) is 42.9 Å². The molecule has 0 unspecified atom stereocenters. The number of benzene rings is 2. The number of rotatable bonds is 10. The lowest BCUT2D eigenvalue weighted by molar-refractivity contribution is 0.0691. The second-order valence-corrected chi connectivity index (χ2v) is 15.3. The minimum atomic E-state index is -4.22. The number of hydrogen-bond donors (Lipinski definition) is 2. The predicted octanol–water partition coefficient (Wildman–Crippen LogP) is 6.75. The van der Waals surface area contributed by atoms with Crippen LogP contribution in [0.15, 0.2) is 64.9 Å². The summed E-state index contributed by atoms with van der Waals surface area (Å²) < 4.78 is 40.4. The molecule has 2 saturated carbocycles. The molecule has 8 nitrogen and oxygen atoms in total. The lowest BCUT2D eigenvalue weighted by Crippen LogP contribution is -2.14. The number of thiophene rings is 1. The van der Waals surface area contributed by atoms with Crippen molar-refractivity contribution in [3.05, 3.63) is 104 Å². The topological polar surface area (TPSA) is 128 Å². The third-order valence-corrected chi connectivity index (χ3v) is 11.1. The van der Waals surface area contributed by atoms with Gasteiger partial charge < -0.3 is 5.11 Å². The lowest BCUT2D eigenvalue weighted by atomic mass is 9.96. The molecule has 3 N–H and O–H groups in total. The van der Waals surface area contributed by atoms with E-state index >= 15 is 0 Å². The molecule has 0 atom stereocenters. The fourth-order valence-corrected chi connectivity index (χ4v) is 7.89. The van der Waals surface area contributed by atoms with Crippen molar-refractivity contribution in [1.82, 2.24) is 14.8 Å². The first-order valence-corrected chi connectivity index (χ1v) is 18.2. The number of primary sulfonamides is 1. The van der Waals surface area contributed by atoms with Crippen LogP contribution in [0, 0.1) is 23.6 Å². The largest absolute Gasteiger partial charge is 0.476 e. The Kier molecular flexibility index (Phi) is 8.10. The molecule has 46 heavy (non-hydrogen) atoms. The van der Waals surface area contributed by atoms with Gasteiger partial charge in [-0.05, 0) is 79.5 Å². The van der Waals surface area contributed by atoms with Gasteiger partial charge in [0.1, 0.15) is 10.7 Å². The molecule has 5 aromatic rings. The van der Waals surface area contributed by atoms with Crippen molar-refractivity contribution in [2.24, 2.45) is 11.1 Å². The maximum atomic E-state index is 15.0. The summed E-state index contributed by atoms with van der Waals surface area (Å²) in [6.45, 7) is 0. The van der Waals surface area contributed by atoms with E-state index in [0.29, 0.717) is 34.6 Å². The monoisotopic (exact) mass is 672 g/mol. The number of aromatic nitrogens is 3. The Morgan fingerprint density at radius 1 is 1.09 bits per heavy atom. The zero-order valence-electron chi connectivity index (χ0n) is 24.6. The van der Waals surface area contributed by atoms with Crippen LogP contribution in [0.3, 0.4) is 0 Å². The van der Waals surface area contributed by atoms with Gasteiger partial charge in [0.2, 0.25) is 15.2 Å². The van der Waals surface area contributed by atoms with E-state index in [1.54, 1.807) is 22.1 Å². The molecule has 3 heterocycles. The smallest absolute Gasteiger partial charge is 0.355 e. The summed E-state index contributed by atoms with van der Waals surface area (Å²) >= 11 is 2.93. The van der Waals surface area contributed by atoms with Crippen LogP contribution in [-0.2, 0) is 22.9 Å². The van der Waals surface area contributed by atoms with Gasteiger partial charge >= 0.3 is 5.97 Å². The molecule has 2 aliphatic carbocycles. The van der Waals surface area contributed by atoms with Crippen molar-refractivity contribution in [2.75, 3.05) is 0 Å². The Morgan fingerprint density at radius 3 is 2.61 bits per heavy atom. The fourth-order valence-electron chi connectivity index (χ4n) is 5.50. The zero-order valence-corrected chi connectivity index (χ0v) is 27.0. The first-order chi connectivity index (χ1) is 22.1. The number of aromatic carboxylic acids is 1. The summed E-state index contributed by atoms with van der Waals surface area (Å²) in [6, 6.07) is 15.9. The van der Waals surface area contributed by atoms with Crippen molar-refractivity contribution < 1.29 is 22.7 Å². The van der Waals surface area contributed by atoms with Crippen molar-refractivity contribution in [1.29, 1.82) is 0 Å². The molecule has 0 aliphatic heterocycles. The van der Waals surface area contributed by atoms with Gasteiger partial charge in [0, 0.05) is 33.4 Å². The third-order valence-electron chi connectivity index (χ3n) is 8.22. The second-order valence-electron chi connectivity index (χ2n) is 11.8. The third kappa shape index (κ3) is 6.69. The summed E-state index contributed by atoms with van der Waals surface area (Å²) in [5.41, 5.74) is 4.41. The van der Waals surface area contributed by atoms with Crippen LogP contribution >= 0.6 is 22.7 Å². The highest BCUT2D eigenvalue weighted by molar-refractivity contribution is 7.89. The molecule has 2 aliphatic rings. The van der Waals surface area contributed by atoms with Gasteiger partial charge in [0.15, 0.2) is 5.69 Å². The van der Waals surface area contributed by atoms with E-state index in [1.807, 2.05) is 24.3 Å². The predicted molar refractivity (Wildman–Crippen MR) is 176 cm³/mol. The molecule has 234 valence electrons. The van der Waals surface area contributed by atoms with Crippen molar-refractivity contribution in [2.45, 2.75) is 55.8 Å². The van der Waals surface area contributed by atoms with Gasteiger partial charge in [0.25, 0.3) is 0 Å². The minimum Gasteiger partial charge on any atom is -0.476 e. The summed E-state index contributed by atoms with van der Waals surface area (Å²) in [5, 5.41) is 21.7. The molecule has 0 radical (unpaired) electrons. The highest BCUT2D eigenvalue weighted by Gasteiger charge is 2.27. The van der Waals surface area contributed by atoms with Crippen LogP contribution in [0.5, 0.6) is 0 Å². The molecule has 0 saturated heterocycles. The van der Waals surface area contributed by atoms with E-state index in [9.17, 15) is 22.7 Å². The van der Waals surface area contributed by atoms with Crippen LogP contribution < -0.4 is 5.14 Å². The van der Waals surface area contributed by atoms with Crippen LogP contribution in [0.1, 0.15) is 80.6 Å². The second kappa shape index (κ2) is 12.2. The van der Waals surface area contributed by atoms with E-state index in [4.69, 9.17) is 10.2 Å². The Bertz CT molecular complexity index is 2150. The summed E-state index contributed by atoms with van der Waals surface area (Å²) in [7, 11) is -4.22. The van der Waals surface area contributed by atoms with Gasteiger partial charge in [-0.15, -0.1) is 22.7 Å². The molecule has 3 aromatic heterocycles. The highest BCUT2D eigenvalue weighted by Crippen LogP contribution is 2.43. The quantitative estimate of drug-likeness (QED) is 0.158. The minimum absolute atomic E-state index is 0.0666. The van der Waals surface area contributed by atoms with E-state index in [1.165, 1.54) is 46.6 Å². The Labute approximate surface area is 273 Å². The van der Waals surface area contributed by atoms with E-state index in [0.717, 1.165) is 46.5 Å². The number of halogens is 1. The van der Waals surface area contributed by atoms with Crippen molar-refractivity contribution in [3.63, 3.8) is 0 Å². The average Bonchev–Trinajstić information content (AvgIpc) is 3.90. The number of carboxylic acid groups (broad SMARTS) is 1. The van der Waals surface area contributed by atoms with Gasteiger partial charge in [-0.25, -0.2) is 32.4 Å². The SMILES string of the molecule is NS(=O)(=O)c1ccc(Cc2c(-c3cccc(C#Cc4ccc(C5CC5)s4)c3)nn(-c3nc(C(=O)O)cs3)c2CCC2CC2)cc1F. The Hall–Kier alpha value is -4.15. The molecule has 0 amide bonds. The van der Waals surface area contributed by atoms with Crippen molar-refractivity contribution >= 4 is 38.7 Å². The standard InChI is InChI=1S/C34H29FN4O4S3/c35-27-18-22(8-15-31(27)46(36,42)43)17-26-29(13-7-20-4-5-20)39(34-37-28(19-44-34)33(40)41)38-32(26)24-3-1-2-21(16-24)6-11-25-12-14-30(45-25)23-9-10-23/h1-3,8,12,14-16,18-20,23H,4-5,7,9-10,13,17H2,(H,40,41)(H2,36,42,43). The normalized spacial score (nSPS) is 14.7. The first kappa shape index (κ1) is 30.5. The van der Waals surface area contributed by atoms with E-state index < -0.39 is 26.7 Å². The van der Waals surface area contributed by atoms with Crippen molar-refractivity contribution in [3.8, 4) is 28.2 Å². The number of carbonyl (C=O) groups is 1. The van der Waals surface area contributed by atoms with E-state index in [-0.39, 0.29) is 12.1 Å². The highest BCUT2D eigenvalue weighted by atomic mass is 32.2. The van der Waals surface area contributed by atoms with Gasteiger partial charge in [-0.2, -0.15) is 5.10 Å².